The third kappa shape index (κ3) is 5.08. The van der Waals surface area contributed by atoms with Gasteiger partial charge in [-0.1, -0.05) is 103 Å². The molecule has 2 N–H and O–H groups in total. The second-order valence-electron chi connectivity index (χ2n) is 7.33. The monoisotopic (exact) mass is 421 g/mol. The maximum absolute atomic E-state index is 13.0. The predicted octanol–water partition coefficient (Wildman–Crippen LogP) is 4.24. The number of nitrogens with one attached hydrogen (secondary N) is 2. The fourth-order valence-electron chi connectivity index (χ4n) is 3.63. The summed E-state index contributed by atoms with van der Waals surface area (Å²) in [6, 6.07) is 32.9. The van der Waals surface area contributed by atoms with Crippen molar-refractivity contribution in [2.45, 2.75) is 5.92 Å². The fraction of sp³-hybridized carbons (Fsp3) is 0.0741. The van der Waals surface area contributed by atoms with Crippen LogP contribution in [0.15, 0.2) is 108 Å². The van der Waals surface area contributed by atoms with Crippen LogP contribution in [0.25, 0.3) is 10.8 Å². The summed E-state index contributed by atoms with van der Waals surface area (Å²) in [5.41, 5.74) is 5.12. The topological polar surface area (TPSA) is 70.6 Å². The van der Waals surface area contributed by atoms with Gasteiger partial charge in [0.15, 0.2) is 0 Å². The van der Waals surface area contributed by atoms with Gasteiger partial charge in [-0.05, 0) is 21.9 Å². The Hall–Kier alpha value is -4.25. The van der Waals surface area contributed by atoms with Crippen molar-refractivity contribution in [3.05, 3.63) is 120 Å². The van der Waals surface area contributed by atoms with E-state index >= 15 is 0 Å². The number of hydrogen-bond donors (Lipinski definition) is 2. The normalized spacial score (nSPS) is 11.0. The number of rotatable bonds is 7. The molecule has 4 rings (SSSR count). The van der Waals surface area contributed by atoms with E-state index in [2.05, 4.69) is 15.8 Å². The van der Waals surface area contributed by atoms with Crippen molar-refractivity contribution in [2.24, 2.45) is 5.10 Å². The van der Waals surface area contributed by atoms with Gasteiger partial charge in [0, 0.05) is 5.56 Å². The highest BCUT2D eigenvalue weighted by molar-refractivity contribution is 6.00. The number of benzene rings is 4. The lowest BCUT2D eigenvalue weighted by Crippen LogP contribution is -2.37. The molecule has 0 spiro atoms. The molecule has 5 nitrogen and oxygen atoms in total. The lowest BCUT2D eigenvalue weighted by Gasteiger charge is -2.17. The first-order chi connectivity index (χ1) is 15.7. The molecule has 0 aromatic heterocycles. The van der Waals surface area contributed by atoms with Crippen LogP contribution in [0, 0.1) is 0 Å². The quantitative estimate of drug-likeness (QED) is 0.346. The first kappa shape index (κ1) is 21.0. The Morgan fingerprint density at radius 3 is 2.03 bits per heavy atom. The largest absolute Gasteiger partial charge is 0.346 e. The van der Waals surface area contributed by atoms with Crippen LogP contribution >= 0.6 is 0 Å². The molecule has 0 aliphatic carbocycles. The lowest BCUT2D eigenvalue weighted by atomic mass is 9.90. The van der Waals surface area contributed by atoms with Gasteiger partial charge in [0.2, 0.25) is 5.91 Å². The van der Waals surface area contributed by atoms with Crippen LogP contribution in [0.3, 0.4) is 0 Å². The highest BCUT2D eigenvalue weighted by Gasteiger charge is 2.22. The molecule has 158 valence electrons. The number of amides is 2. The predicted molar refractivity (Wildman–Crippen MR) is 127 cm³/mol. The molecule has 2 amide bonds. The zero-order valence-corrected chi connectivity index (χ0v) is 17.4. The Balaban J connectivity index is 1.39. The molecule has 4 aromatic carbocycles. The zero-order chi connectivity index (χ0) is 22.2. The molecule has 0 radical (unpaired) electrons. The molecule has 0 aliphatic rings. The molecule has 5 heteroatoms. The SMILES string of the molecule is O=C(CNC(=O)C(c1ccccc1)c1ccccc1)NN=Cc1cccc2ccccc12. The second-order valence-corrected chi connectivity index (χ2v) is 7.33. The van der Waals surface area contributed by atoms with E-state index in [1.54, 1.807) is 6.21 Å². The Morgan fingerprint density at radius 1 is 0.750 bits per heavy atom. The van der Waals surface area contributed by atoms with Gasteiger partial charge in [-0.3, -0.25) is 9.59 Å². The maximum Gasteiger partial charge on any atom is 0.259 e. The third-order valence-corrected chi connectivity index (χ3v) is 5.17. The van der Waals surface area contributed by atoms with Gasteiger partial charge in [0.1, 0.15) is 0 Å². The fourth-order valence-corrected chi connectivity index (χ4v) is 3.63. The highest BCUT2D eigenvalue weighted by Crippen LogP contribution is 2.24. The van der Waals surface area contributed by atoms with Crippen LogP contribution in [0.5, 0.6) is 0 Å². The van der Waals surface area contributed by atoms with Crippen LogP contribution in [0.4, 0.5) is 0 Å². The number of carbonyl (C=O) groups excluding carboxylic acids is 2. The van der Waals surface area contributed by atoms with Crippen LogP contribution in [-0.2, 0) is 9.59 Å². The van der Waals surface area contributed by atoms with Gasteiger partial charge in [-0.25, -0.2) is 5.43 Å². The van der Waals surface area contributed by atoms with Gasteiger partial charge in [-0.2, -0.15) is 5.10 Å². The standard InChI is InChI=1S/C27H23N3O2/c31-25(30-29-18-23-16-9-15-20-10-7-8-17-24(20)23)19-28-27(32)26(21-11-3-1-4-12-21)22-13-5-2-6-14-22/h1-18,26H,19H2,(H,28,32)(H,30,31). The van der Waals surface area contributed by atoms with E-state index in [0.717, 1.165) is 27.5 Å². The van der Waals surface area contributed by atoms with Crippen molar-refractivity contribution >= 4 is 28.8 Å². The van der Waals surface area contributed by atoms with E-state index in [4.69, 9.17) is 0 Å². The minimum Gasteiger partial charge on any atom is -0.346 e. The number of fused-ring (bicyclic) bond motifs is 1. The number of nitrogens with zero attached hydrogens (tertiary/aromatic N) is 1. The number of carbonyl (C=O) groups is 2. The Bertz CT molecular complexity index is 1190. The molecular formula is C27H23N3O2. The average Bonchev–Trinajstić information content (AvgIpc) is 2.84. The lowest BCUT2D eigenvalue weighted by molar-refractivity contribution is -0.126. The summed E-state index contributed by atoms with van der Waals surface area (Å²) in [4.78, 5) is 25.2. The van der Waals surface area contributed by atoms with Crippen molar-refractivity contribution in [3.8, 4) is 0 Å². The molecule has 4 aromatic rings. The second kappa shape index (κ2) is 10.2. The van der Waals surface area contributed by atoms with E-state index in [1.165, 1.54) is 0 Å². The Kier molecular flexibility index (Phi) is 6.68. The first-order valence-electron chi connectivity index (χ1n) is 10.4. The van der Waals surface area contributed by atoms with E-state index < -0.39 is 11.8 Å². The summed E-state index contributed by atoms with van der Waals surface area (Å²) in [7, 11) is 0. The van der Waals surface area contributed by atoms with Crippen molar-refractivity contribution < 1.29 is 9.59 Å². The van der Waals surface area contributed by atoms with Gasteiger partial charge in [-0.15, -0.1) is 0 Å². The molecule has 32 heavy (non-hydrogen) atoms. The molecule has 0 saturated heterocycles. The van der Waals surface area contributed by atoms with Crippen molar-refractivity contribution in [1.29, 1.82) is 0 Å². The van der Waals surface area contributed by atoms with Gasteiger partial charge >= 0.3 is 0 Å². The van der Waals surface area contributed by atoms with Crippen LogP contribution in [0.1, 0.15) is 22.6 Å². The summed E-state index contributed by atoms with van der Waals surface area (Å²) >= 11 is 0. The summed E-state index contributed by atoms with van der Waals surface area (Å²) in [6.07, 6.45) is 1.61. The summed E-state index contributed by atoms with van der Waals surface area (Å²) in [5.74, 6) is -1.13. The van der Waals surface area contributed by atoms with Crippen molar-refractivity contribution in [1.82, 2.24) is 10.7 Å². The molecule has 0 bridgehead atoms. The van der Waals surface area contributed by atoms with E-state index in [1.807, 2.05) is 103 Å². The average molecular weight is 422 g/mol. The van der Waals surface area contributed by atoms with E-state index in [0.29, 0.717) is 0 Å². The number of hydrazone groups is 1. The molecule has 0 aliphatic heterocycles. The van der Waals surface area contributed by atoms with Gasteiger partial charge < -0.3 is 5.32 Å². The Morgan fingerprint density at radius 2 is 1.34 bits per heavy atom. The first-order valence-corrected chi connectivity index (χ1v) is 10.4. The van der Waals surface area contributed by atoms with Gasteiger partial charge in [0.05, 0.1) is 18.7 Å². The van der Waals surface area contributed by atoms with E-state index in [9.17, 15) is 9.59 Å². The summed E-state index contributed by atoms with van der Waals surface area (Å²) < 4.78 is 0. The van der Waals surface area contributed by atoms with Gasteiger partial charge in [0.25, 0.3) is 5.91 Å². The third-order valence-electron chi connectivity index (χ3n) is 5.17. The van der Waals surface area contributed by atoms with Crippen LogP contribution in [-0.4, -0.2) is 24.6 Å². The minimum atomic E-state index is -0.496. The molecular weight excluding hydrogens is 398 g/mol. The molecule has 0 unspecified atom stereocenters. The summed E-state index contributed by atoms with van der Waals surface area (Å²) in [6.45, 7) is -0.165. The smallest absolute Gasteiger partial charge is 0.259 e. The summed E-state index contributed by atoms with van der Waals surface area (Å²) in [5, 5.41) is 8.94. The zero-order valence-electron chi connectivity index (χ0n) is 17.4. The molecule has 0 saturated carbocycles. The molecule has 0 atom stereocenters. The molecule has 0 fully saturated rings. The van der Waals surface area contributed by atoms with Crippen molar-refractivity contribution in [3.63, 3.8) is 0 Å². The van der Waals surface area contributed by atoms with Crippen LogP contribution in [0.2, 0.25) is 0 Å². The van der Waals surface area contributed by atoms with E-state index in [-0.39, 0.29) is 12.5 Å². The Labute approximate surface area is 186 Å². The number of hydrogen-bond acceptors (Lipinski definition) is 3. The van der Waals surface area contributed by atoms with Crippen molar-refractivity contribution in [2.75, 3.05) is 6.54 Å². The minimum absolute atomic E-state index is 0.165. The molecule has 0 heterocycles. The van der Waals surface area contributed by atoms with Crippen LogP contribution < -0.4 is 10.7 Å². The maximum atomic E-state index is 13.0. The highest BCUT2D eigenvalue weighted by atomic mass is 16.2.